The molecule has 2 aliphatic rings. The minimum atomic E-state index is -0.143. The molecule has 0 saturated carbocycles. The summed E-state index contributed by atoms with van der Waals surface area (Å²) in [6, 6.07) is 7.38. The molecule has 1 aliphatic carbocycles. The predicted molar refractivity (Wildman–Crippen MR) is 150 cm³/mol. The molecule has 2 N–H and O–H groups in total. The highest BCUT2D eigenvalue weighted by molar-refractivity contribution is 5.75. The number of aromatic hydroxyl groups is 1. The molecule has 37 heavy (non-hydrogen) atoms. The van der Waals surface area contributed by atoms with Crippen molar-refractivity contribution in [2.24, 2.45) is 11.3 Å². The number of phenolic OH excluding ortho intramolecular Hbond substituents is 1. The van der Waals surface area contributed by atoms with Gasteiger partial charge in [-0.1, -0.05) is 68.5 Å². The lowest BCUT2D eigenvalue weighted by Crippen LogP contribution is -2.43. The molecule has 1 aliphatic heterocycles. The van der Waals surface area contributed by atoms with E-state index in [1.54, 1.807) is 12.1 Å². The van der Waals surface area contributed by atoms with Crippen LogP contribution in [0.2, 0.25) is 0 Å². The maximum atomic E-state index is 12.1. The Morgan fingerprint density at radius 2 is 1.81 bits per heavy atom. The largest absolute Gasteiger partial charge is 0.508 e. The molecule has 1 heterocycles. The molecule has 0 radical (unpaired) electrons. The number of fused-ring (bicyclic) bond motifs is 2. The second-order valence-electron chi connectivity index (χ2n) is 11.3. The molecular formula is C32H49NO4. The molecule has 206 valence electrons. The zero-order valence-electron chi connectivity index (χ0n) is 23.2. The van der Waals surface area contributed by atoms with E-state index >= 15 is 0 Å². The van der Waals surface area contributed by atoms with Gasteiger partial charge < -0.3 is 19.8 Å². The molecule has 0 spiro atoms. The fourth-order valence-electron chi connectivity index (χ4n) is 5.70. The number of hydrogen-bond donors (Lipinski definition) is 2. The van der Waals surface area contributed by atoms with Crippen molar-refractivity contribution < 1.29 is 19.7 Å². The van der Waals surface area contributed by atoms with E-state index in [0.29, 0.717) is 18.9 Å². The first kappa shape index (κ1) is 29.4. The normalized spacial score (nSPS) is 23.3. The summed E-state index contributed by atoms with van der Waals surface area (Å²) >= 11 is 0. The van der Waals surface area contributed by atoms with Gasteiger partial charge >= 0.3 is 0 Å². The van der Waals surface area contributed by atoms with Crippen molar-refractivity contribution in [2.45, 2.75) is 96.5 Å². The minimum absolute atomic E-state index is 0.0113. The lowest BCUT2D eigenvalue weighted by Gasteiger charge is -2.47. The van der Waals surface area contributed by atoms with Gasteiger partial charge in [-0.2, -0.15) is 0 Å². The third-order valence-electron chi connectivity index (χ3n) is 8.22. The highest BCUT2D eigenvalue weighted by atomic mass is 16.5. The number of carbonyl (C=O) groups excluding carboxylic acids is 1. The van der Waals surface area contributed by atoms with Gasteiger partial charge in [0.05, 0.1) is 19.3 Å². The zero-order valence-corrected chi connectivity index (χ0v) is 23.2. The van der Waals surface area contributed by atoms with Crippen LogP contribution < -0.4 is 0 Å². The molecule has 2 bridgehead atoms. The van der Waals surface area contributed by atoms with E-state index in [1.807, 2.05) is 24.1 Å². The molecule has 1 aromatic carbocycles. The number of rotatable bonds is 16. The van der Waals surface area contributed by atoms with Gasteiger partial charge in [0.1, 0.15) is 5.75 Å². The fourth-order valence-corrected chi connectivity index (χ4v) is 5.70. The number of benzene rings is 1. The Morgan fingerprint density at radius 3 is 2.57 bits per heavy atom. The third kappa shape index (κ3) is 9.00. The maximum Gasteiger partial charge on any atom is 0.222 e. The number of ether oxygens (including phenoxy) is 1. The van der Waals surface area contributed by atoms with Crippen molar-refractivity contribution in [1.29, 1.82) is 0 Å². The second-order valence-corrected chi connectivity index (χ2v) is 11.3. The molecule has 3 unspecified atom stereocenters. The van der Waals surface area contributed by atoms with Crippen LogP contribution in [0.25, 0.3) is 0 Å². The van der Waals surface area contributed by atoms with E-state index in [1.165, 1.54) is 24.8 Å². The van der Waals surface area contributed by atoms with Crippen molar-refractivity contribution in [3.8, 4) is 5.75 Å². The highest BCUT2D eigenvalue weighted by Crippen LogP contribution is 2.51. The van der Waals surface area contributed by atoms with E-state index in [0.717, 1.165) is 69.9 Å². The summed E-state index contributed by atoms with van der Waals surface area (Å²) in [4.78, 5) is 14.0. The number of amides is 1. The minimum Gasteiger partial charge on any atom is -0.508 e. The van der Waals surface area contributed by atoms with Gasteiger partial charge in [-0.3, -0.25) is 4.79 Å². The number of aliphatic hydroxyl groups excluding tert-OH is 1. The molecular weight excluding hydrogens is 462 g/mol. The van der Waals surface area contributed by atoms with Gasteiger partial charge in [-0.25, -0.2) is 0 Å². The first-order valence-electron chi connectivity index (χ1n) is 14.6. The van der Waals surface area contributed by atoms with Crippen LogP contribution in [0.5, 0.6) is 5.75 Å². The number of phenols is 1. The smallest absolute Gasteiger partial charge is 0.222 e. The number of allylic oxidation sites excluding steroid dienone is 3. The monoisotopic (exact) mass is 511 g/mol. The van der Waals surface area contributed by atoms with Crippen LogP contribution in [0, 0.1) is 11.3 Å². The lowest BCUT2D eigenvalue weighted by atomic mass is 9.65. The van der Waals surface area contributed by atoms with Crippen molar-refractivity contribution >= 4 is 5.91 Å². The van der Waals surface area contributed by atoms with Gasteiger partial charge in [0.15, 0.2) is 0 Å². The van der Waals surface area contributed by atoms with Crippen LogP contribution in [-0.4, -0.2) is 47.8 Å². The Kier molecular flexibility index (Phi) is 12.2. The Balaban J connectivity index is 1.33. The molecule has 3 rings (SSSR count). The Bertz CT molecular complexity index is 877. The van der Waals surface area contributed by atoms with Gasteiger partial charge in [0.2, 0.25) is 5.91 Å². The second kappa shape index (κ2) is 15.3. The van der Waals surface area contributed by atoms with Crippen molar-refractivity contribution in [3.05, 3.63) is 53.6 Å². The van der Waals surface area contributed by atoms with E-state index in [9.17, 15) is 15.0 Å². The van der Waals surface area contributed by atoms with E-state index in [-0.39, 0.29) is 29.8 Å². The van der Waals surface area contributed by atoms with Crippen molar-refractivity contribution in [1.82, 2.24) is 4.90 Å². The van der Waals surface area contributed by atoms with Gasteiger partial charge in [0.25, 0.3) is 0 Å². The molecule has 5 nitrogen and oxygen atoms in total. The van der Waals surface area contributed by atoms with Crippen molar-refractivity contribution in [2.75, 3.05) is 26.8 Å². The fraction of sp³-hybridized carbons (Fsp3) is 0.656. The first-order valence-corrected chi connectivity index (χ1v) is 14.6. The van der Waals surface area contributed by atoms with E-state index in [2.05, 4.69) is 25.2 Å². The molecule has 3 atom stereocenters. The summed E-state index contributed by atoms with van der Waals surface area (Å²) in [5.41, 5.74) is 2.40. The molecule has 1 aromatic rings. The van der Waals surface area contributed by atoms with Crippen LogP contribution in [0.1, 0.15) is 102 Å². The number of nitrogens with zero attached hydrogens (tertiary/aromatic N) is 1. The summed E-state index contributed by atoms with van der Waals surface area (Å²) in [6.45, 7) is 3.80. The third-order valence-corrected chi connectivity index (χ3v) is 8.22. The van der Waals surface area contributed by atoms with E-state index < -0.39 is 0 Å². The van der Waals surface area contributed by atoms with Gasteiger partial charge in [-0.05, 0) is 69.1 Å². The van der Waals surface area contributed by atoms with Crippen LogP contribution in [0.3, 0.4) is 0 Å². The number of unbranched alkanes of at least 4 members (excludes halogenated alkanes) is 6. The van der Waals surface area contributed by atoms with Crippen LogP contribution in [0.15, 0.2) is 48.1 Å². The molecule has 1 saturated heterocycles. The number of aliphatic hydroxyl groups is 1. The topological polar surface area (TPSA) is 70.0 Å². The zero-order chi connectivity index (χ0) is 26.5. The van der Waals surface area contributed by atoms with Crippen LogP contribution in [-0.2, 0) is 9.53 Å². The SMILES string of the molecule is CCCCN(C)C(=O)CCCCCCCC=CCCC1=CCC2(CO)COC(c3ccc(O)cc3)C1C2. The summed E-state index contributed by atoms with van der Waals surface area (Å²) in [6.07, 6.45) is 20.7. The van der Waals surface area contributed by atoms with Gasteiger partial charge in [0, 0.05) is 31.3 Å². The molecule has 1 fully saturated rings. The Labute approximate surface area is 224 Å². The predicted octanol–water partition coefficient (Wildman–Crippen LogP) is 7.10. The first-order chi connectivity index (χ1) is 18.0. The van der Waals surface area contributed by atoms with Crippen molar-refractivity contribution in [3.63, 3.8) is 0 Å². The number of carbonyl (C=O) groups is 1. The maximum absolute atomic E-state index is 12.1. The number of hydrogen-bond acceptors (Lipinski definition) is 4. The summed E-state index contributed by atoms with van der Waals surface area (Å²) in [5.74, 6) is 0.848. The van der Waals surface area contributed by atoms with Gasteiger partial charge in [-0.15, -0.1) is 0 Å². The average Bonchev–Trinajstić information content (AvgIpc) is 2.92. The molecule has 1 amide bonds. The lowest BCUT2D eigenvalue weighted by molar-refractivity contribution is -0.130. The average molecular weight is 512 g/mol. The van der Waals surface area contributed by atoms with E-state index in [4.69, 9.17) is 4.74 Å². The molecule has 5 heteroatoms. The summed E-state index contributed by atoms with van der Waals surface area (Å²) in [7, 11) is 1.93. The summed E-state index contributed by atoms with van der Waals surface area (Å²) < 4.78 is 6.31. The highest BCUT2D eigenvalue weighted by Gasteiger charge is 2.45. The summed E-state index contributed by atoms with van der Waals surface area (Å²) in [5, 5.41) is 19.7. The quantitative estimate of drug-likeness (QED) is 0.183. The Morgan fingerprint density at radius 1 is 1.08 bits per heavy atom. The van der Waals surface area contributed by atoms with Crippen LogP contribution in [0.4, 0.5) is 0 Å². The molecule has 0 aromatic heterocycles. The standard InChI is InChI=1S/C32H49NO4/c1-3-4-22-33(2)30(36)15-13-11-9-7-5-6-8-10-12-14-26-20-21-32(24-34)23-29(26)31(37-25-32)27-16-18-28(35)19-17-27/h8,10,16-20,29,31,34-35H,3-7,9,11-15,21-25H2,1-2H3. The Hall–Kier alpha value is -2.11. The van der Waals surface area contributed by atoms with Crippen LogP contribution >= 0.6 is 0 Å².